The van der Waals surface area contributed by atoms with Gasteiger partial charge >= 0.3 is 0 Å². The molecule has 0 saturated carbocycles. The van der Waals surface area contributed by atoms with Crippen molar-refractivity contribution in [3.8, 4) is 5.69 Å². The Morgan fingerprint density at radius 2 is 1.80 bits per heavy atom. The van der Waals surface area contributed by atoms with Gasteiger partial charge in [0.25, 0.3) is 5.56 Å². The number of fused-ring (bicyclic) bond motifs is 1. The zero-order chi connectivity index (χ0) is 17.4. The van der Waals surface area contributed by atoms with Crippen LogP contribution in [0.5, 0.6) is 0 Å². The van der Waals surface area contributed by atoms with Crippen molar-refractivity contribution in [2.24, 2.45) is 0 Å². The van der Waals surface area contributed by atoms with Crippen molar-refractivity contribution >= 4 is 11.0 Å². The highest BCUT2D eigenvalue weighted by atomic mass is 16.1. The molecule has 4 aromatic rings. The van der Waals surface area contributed by atoms with Gasteiger partial charge in [-0.1, -0.05) is 42.5 Å². The lowest BCUT2D eigenvalue weighted by Gasteiger charge is -2.10. The largest absolute Gasteiger partial charge is 0.294 e. The fourth-order valence-electron chi connectivity index (χ4n) is 2.98. The predicted octanol–water partition coefficient (Wildman–Crippen LogP) is 3.25. The second-order valence-corrected chi connectivity index (χ2v) is 6.18. The van der Waals surface area contributed by atoms with Crippen molar-refractivity contribution in [2.45, 2.75) is 20.4 Å². The van der Waals surface area contributed by atoms with Crippen molar-refractivity contribution in [1.82, 2.24) is 19.3 Å². The maximum Gasteiger partial charge on any atom is 0.264 e. The van der Waals surface area contributed by atoms with Gasteiger partial charge < -0.3 is 0 Å². The third kappa shape index (κ3) is 2.63. The molecule has 0 radical (unpaired) electrons. The van der Waals surface area contributed by atoms with Gasteiger partial charge in [0.15, 0.2) is 5.65 Å². The van der Waals surface area contributed by atoms with Gasteiger partial charge in [0.2, 0.25) is 0 Å². The summed E-state index contributed by atoms with van der Waals surface area (Å²) in [5, 5.41) is 4.94. The summed E-state index contributed by atoms with van der Waals surface area (Å²) in [6.45, 7) is 4.61. The molecular weight excluding hydrogens is 312 g/mol. The van der Waals surface area contributed by atoms with E-state index in [2.05, 4.69) is 30.0 Å². The van der Waals surface area contributed by atoms with E-state index in [-0.39, 0.29) is 5.56 Å². The molecule has 0 aliphatic carbocycles. The van der Waals surface area contributed by atoms with Gasteiger partial charge in [0.05, 0.1) is 18.4 Å². The first-order valence-electron chi connectivity index (χ1n) is 8.19. The van der Waals surface area contributed by atoms with Gasteiger partial charge in [-0.25, -0.2) is 9.67 Å². The molecule has 0 spiro atoms. The minimum absolute atomic E-state index is 0.0783. The number of rotatable bonds is 3. The number of nitrogens with zero attached hydrogens (tertiary/aromatic N) is 4. The van der Waals surface area contributed by atoms with Crippen molar-refractivity contribution in [2.75, 3.05) is 0 Å². The Morgan fingerprint density at radius 1 is 1.00 bits per heavy atom. The molecule has 124 valence electrons. The van der Waals surface area contributed by atoms with E-state index >= 15 is 0 Å². The smallest absolute Gasteiger partial charge is 0.264 e. The summed E-state index contributed by atoms with van der Waals surface area (Å²) in [6.07, 6.45) is 3.20. The Bertz CT molecular complexity index is 1110. The van der Waals surface area contributed by atoms with Crippen molar-refractivity contribution < 1.29 is 0 Å². The van der Waals surface area contributed by atoms with Gasteiger partial charge in [0.1, 0.15) is 11.7 Å². The van der Waals surface area contributed by atoms with Crippen LogP contribution in [0.2, 0.25) is 0 Å². The Morgan fingerprint density at radius 3 is 2.60 bits per heavy atom. The molecule has 5 heteroatoms. The van der Waals surface area contributed by atoms with E-state index in [0.29, 0.717) is 17.6 Å². The highest BCUT2D eigenvalue weighted by molar-refractivity contribution is 5.75. The number of hydrogen-bond acceptors (Lipinski definition) is 3. The molecule has 0 atom stereocenters. The van der Waals surface area contributed by atoms with E-state index < -0.39 is 0 Å². The second-order valence-electron chi connectivity index (χ2n) is 6.18. The average Bonchev–Trinajstić information content (AvgIpc) is 3.05. The molecule has 2 heterocycles. The van der Waals surface area contributed by atoms with Crippen molar-refractivity contribution in [3.63, 3.8) is 0 Å². The van der Waals surface area contributed by atoms with E-state index in [4.69, 9.17) is 0 Å². The highest BCUT2D eigenvalue weighted by Gasteiger charge is 2.13. The lowest BCUT2D eigenvalue weighted by Crippen LogP contribution is -2.21. The van der Waals surface area contributed by atoms with Crippen LogP contribution >= 0.6 is 0 Å². The molecule has 2 aromatic heterocycles. The summed E-state index contributed by atoms with van der Waals surface area (Å²) in [7, 11) is 0. The SMILES string of the molecule is Cc1cccc(-n2ncc3c(=O)n(Cc4ccccc4)cnc32)c1C. The van der Waals surface area contributed by atoms with Crippen molar-refractivity contribution in [3.05, 3.63) is 88.1 Å². The lowest BCUT2D eigenvalue weighted by atomic mass is 10.1. The van der Waals surface area contributed by atoms with Crippen molar-refractivity contribution in [1.29, 1.82) is 0 Å². The zero-order valence-corrected chi connectivity index (χ0v) is 14.2. The minimum atomic E-state index is -0.0783. The molecule has 4 rings (SSSR count). The topological polar surface area (TPSA) is 52.7 Å². The maximum atomic E-state index is 12.8. The quantitative estimate of drug-likeness (QED) is 0.579. The zero-order valence-electron chi connectivity index (χ0n) is 14.2. The molecule has 0 saturated heterocycles. The van der Waals surface area contributed by atoms with E-state index in [1.807, 2.05) is 42.5 Å². The van der Waals surface area contributed by atoms with Gasteiger partial charge in [-0.2, -0.15) is 5.10 Å². The summed E-state index contributed by atoms with van der Waals surface area (Å²) >= 11 is 0. The van der Waals surface area contributed by atoms with Crippen LogP contribution < -0.4 is 5.56 Å². The standard InChI is InChI=1S/C20H18N4O/c1-14-7-6-10-18(15(14)2)24-19-17(11-22-24)20(25)23(13-21-19)12-16-8-4-3-5-9-16/h3-11,13H,12H2,1-2H3. The first-order chi connectivity index (χ1) is 12.1. The highest BCUT2D eigenvalue weighted by Crippen LogP contribution is 2.20. The van der Waals surface area contributed by atoms with Gasteiger partial charge in [0, 0.05) is 0 Å². The fourth-order valence-corrected chi connectivity index (χ4v) is 2.98. The first-order valence-corrected chi connectivity index (χ1v) is 8.19. The summed E-state index contributed by atoms with van der Waals surface area (Å²) in [5.41, 5.74) is 4.82. The van der Waals surface area contributed by atoms with E-state index in [0.717, 1.165) is 16.8 Å². The molecule has 0 N–H and O–H groups in total. The van der Waals surface area contributed by atoms with Gasteiger partial charge in [-0.15, -0.1) is 0 Å². The molecule has 0 fully saturated rings. The van der Waals surface area contributed by atoms with Crippen LogP contribution in [0.25, 0.3) is 16.7 Å². The molecule has 5 nitrogen and oxygen atoms in total. The minimum Gasteiger partial charge on any atom is -0.294 e. The van der Waals surface area contributed by atoms with Crippen LogP contribution in [0.3, 0.4) is 0 Å². The molecule has 0 aliphatic heterocycles. The Labute approximate surface area is 145 Å². The molecular formula is C20H18N4O. The van der Waals surface area contributed by atoms with Crippen LogP contribution in [0.4, 0.5) is 0 Å². The van der Waals surface area contributed by atoms with Crippen LogP contribution in [0.15, 0.2) is 65.8 Å². The van der Waals surface area contributed by atoms with Crippen LogP contribution in [-0.4, -0.2) is 19.3 Å². The molecule has 0 unspecified atom stereocenters. The summed E-state index contributed by atoms with van der Waals surface area (Å²) in [4.78, 5) is 17.3. The monoisotopic (exact) mass is 330 g/mol. The van der Waals surface area contributed by atoms with Gasteiger partial charge in [-0.05, 0) is 36.6 Å². The van der Waals surface area contributed by atoms with E-state index in [9.17, 15) is 4.79 Å². The molecule has 0 aliphatic rings. The third-order valence-electron chi connectivity index (χ3n) is 4.55. The number of aromatic nitrogens is 4. The summed E-state index contributed by atoms with van der Waals surface area (Å²) in [5.74, 6) is 0. The maximum absolute atomic E-state index is 12.8. The van der Waals surface area contributed by atoms with Crippen LogP contribution in [0.1, 0.15) is 16.7 Å². The van der Waals surface area contributed by atoms with Crippen LogP contribution in [0, 0.1) is 13.8 Å². The Kier molecular flexibility index (Phi) is 3.69. The second kappa shape index (κ2) is 6.02. The van der Waals surface area contributed by atoms with E-state index in [1.165, 1.54) is 5.56 Å². The normalized spacial score (nSPS) is 11.1. The summed E-state index contributed by atoms with van der Waals surface area (Å²) < 4.78 is 3.36. The molecule has 25 heavy (non-hydrogen) atoms. The van der Waals surface area contributed by atoms with Crippen LogP contribution in [-0.2, 0) is 6.54 Å². The predicted molar refractivity (Wildman–Crippen MR) is 98.1 cm³/mol. The van der Waals surface area contributed by atoms with E-state index in [1.54, 1.807) is 21.8 Å². The average molecular weight is 330 g/mol. The number of hydrogen-bond donors (Lipinski definition) is 0. The first kappa shape index (κ1) is 15.3. The molecule has 2 aromatic carbocycles. The summed E-state index contributed by atoms with van der Waals surface area (Å²) in [6, 6.07) is 15.9. The number of benzene rings is 2. The third-order valence-corrected chi connectivity index (χ3v) is 4.55. The lowest BCUT2D eigenvalue weighted by molar-refractivity contribution is 0.745. The Hall–Kier alpha value is -3.21. The van der Waals surface area contributed by atoms with Gasteiger partial charge in [-0.3, -0.25) is 9.36 Å². The number of aryl methyl sites for hydroxylation is 1. The fraction of sp³-hybridized carbons (Fsp3) is 0.150. The molecule has 0 amide bonds. The molecule has 0 bridgehead atoms. The Balaban J connectivity index is 1.82.